The lowest BCUT2D eigenvalue weighted by atomic mass is 10.1. The zero-order chi connectivity index (χ0) is 21.6. The molecule has 158 valence electrons. The van der Waals surface area contributed by atoms with Crippen molar-refractivity contribution in [2.75, 3.05) is 16.9 Å². The van der Waals surface area contributed by atoms with Crippen LogP contribution in [0.3, 0.4) is 0 Å². The Morgan fingerprint density at radius 1 is 1.03 bits per heavy atom. The van der Waals surface area contributed by atoms with Crippen LogP contribution in [-0.2, 0) is 16.2 Å². The molecule has 1 heterocycles. The summed E-state index contributed by atoms with van der Waals surface area (Å²) in [6.45, 7) is 0.764. The molecule has 0 aliphatic carbocycles. The Bertz CT molecular complexity index is 1060. The standard InChI is InChI=1S/C24H22BrN3O3/c25-19-11-12-22(31-16-17-7-3-1-4-8-17)21(14-19)26-27-24(30)18-13-23(29)28(15-18)20-9-5-2-6-10-20/h1-12,14,18,26H,13,15-16H2,(H,27,30)/t18-/m0/s1. The van der Waals surface area contributed by atoms with Crippen molar-refractivity contribution in [3.63, 3.8) is 0 Å². The van der Waals surface area contributed by atoms with Gasteiger partial charge in [-0.25, -0.2) is 0 Å². The van der Waals surface area contributed by atoms with E-state index in [0.717, 1.165) is 15.7 Å². The van der Waals surface area contributed by atoms with Gasteiger partial charge in [0.15, 0.2) is 0 Å². The molecule has 1 aliphatic heterocycles. The Hall–Kier alpha value is -3.32. The molecule has 0 aromatic heterocycles. The van der Waals surface area contributed by atoms with Crippen LogP contribution >= 0.6 is 15.9 Å². The third-order valence-corrected chi connectivity index (χ3v) is 5.56. The molecule has 1 fully saturated rings. The van der Waals surface area contributed by atoms with Crippen LogP contribution in [-0.4, -0.2) is 18.4 Å². The number of ether oxygens (including phenoxy) is 1. The fraction of sp³-hybridized carbons (Fsp3) is 0.167. The van der Waals surface area contributed by atoms with E-state index in [4.69, 9.17) is 4.74 Å². The summed E-state index contributed by atoms with van der Waals surface area (Å²) >= 11 is 3.45. The molecule has 7 heteroatoms. The second-order valence-corrected chi connectivity index (χ2v) is 8.19. The van der Waals surface area contributed by atoms with Crippen molar-refractivity contribution in [2.24, 2.45) is 5.92 Å². The zero-order valence-electron chi connectivity index (χ0n) is 16.8. The first kappa shape index (κ1) is 20.9. The van der Waals surface area contributed by atoms with E-state index < -0.39 is 5.92 Å². The van der Waals surface area contributed by atoms with Crippen molar-refractivity contribution < 1.29 is 14.3 Å². The van der Waals surface area contributed by atoms with Crippen molar-refractivity contribution in [1.29, 1.82) is 0 Å². The van der Waals surface area contributed by atoms with Gasteiger partial charge >= 0.3 is 0 Å². The number of carbonyl (C=O) groups is 2. The summed E-state index contributed by atoms with van der Waals surface area (Å²) in [5, 5.41) is 0. The monoisotopic (exact) mass is 479 g/mol. The van der Waals surface area contributed by atoms with Crippen LogP contribution in [0.25, 0.3) is 0 Å². The molecular formula is C24H22BrN3O3. The van der Waals surface area contributed by atoms with Crippen LogP contribution in [0.15, 0.2) is 83.3 Å². The molecule has 1 atom stereocenters. The van der Waals surface area contributed by atoms with E-state index in [9.17, 15) is 9.59 Å². The van der Waals surface area contributed by atoms with E-state index in [0.29, 0.717) is 24.6 Å². The highest BCUT2D eigenvalue weighted by Crippen LogP contribution is 2.29. The number of benzene rings is 3. The molecule has 0 spiro atoms. The molecule has 4 rings (SSSR count). The van der Waals surface area contributed by atoms with Crippen molar-refractivity contribution >= 4 is 39.1 Å². The fourth-order valence-electron chi connectivity index (χ4n) is 3.43. The number of amides is 2. The summed E-state index contributed by atoms with van der Waals surface area (Å²) in [4.78, 5) is 26.7. The number of hydrogen-bond acceptors (Lipinski definition) is 4. The first-order chi connectivity index (χ1) is 15.1. The Morgan fingerprint density at radius 3 is 2.48 bits per heavy atom. The molecule has 3 aromatic rings. The summed E-state index contributed by atoms with van der Waals surface area (Å²) in [5.74, 6) is -0.108. The van der Waals surface area contributed by atoms with Crippen LogP contribution in [0.1, 0.15) is 12.0 Å². The summed E-state index contributed by atoms with van der Waals surface area (Å²) < 4.78 is 6.78. The number of halogens is 1. The van der Waals surface area contributed by atoms with Crippen LogP contribution < -0.4 is 20.5 Å². The summed E-state index contributed by atoms with van der Waals surface area (Å²) in [6.07, 6.45) is 0.179. The van der Waals surface area contributed by atoms with E-state index in [1.807, 2.05) is 78.9 Å². The molecule has 0 radical (unpaired) electrons. The number of anilines is 2. The first-order valence-electron chi connectivity index (χ1n) is 9.98. The maximum Gasteiger partial charge on any atom is 0.243 e. The lowest BCUT2D eigenvalue weighted by Crippen LogP contribution is -2.36. The van der Waals surface area contributed by atoms with Gasteiger partial charge in [0.25, 0.3) is 0 Å². The minimum absolute atomic E-state index is 0.0549. The number of hydrazine groups is 1. The normalized spacial score (nSPS) is 15.6. The lowest BCUT2D eigenvalue weighted by Gasteiger charge is -2.18. The predicted octanol–water partition coefficient (Wildman–Crippen LogP) is 4.52. The van der Waals surface area contributed by atoms with E-state index >= 15 is 0 Å². The molecule has 31 heavy (non-hydrogen) atoms. The van der Waals surface area contributed by atoms with Gasteiger partial charge in [-0.05, 0) is 35.9 Å². The maximum atomic E-state index is 12.7. The SMILES string of the molecule is O=C(NNc1cc(Br)ccc1OCc1ccccc1)[C@H]1CC(=O)N(c2ccccc2)C1. The Balaban J connectivity index is 1.38. The lowest BCUT2D eigenvalue weighted by molar-refractivity contribution is -0.125. The predicted molar refractivity (Wildman–Crippen MR) is 124 cm³/mol. The largest absolute Gasteiger partial charge is 0.487 e. The zero-order valence-corrected chi connectivity index (χ0v) is 18.3. The highest BCUT2D eigenvalue weighted by atomic mass is 79.9. The molecule has 3 aromatic carbocycles. The summed E-state index contributed by atoms with van der Waals surface area (Å²) in [5.41, 5.74) is 8.16. The van der Waals surface area contributed by atoms with E-state index in [2.05, 4.69) is 26.8 Å². The number of carbonyl (C=O) groups excluding carboxylic acids is 2. The Labute approximate surface area is 189 Å². The molecule has 2 N–H and O–H groups in total. The Kier molecular flexibility index (Phi) is 6.52. The maximum absolute atomic E-state index is 12.7. The molecule has 0 saturated carbocycles. The number of hydrogen-bond donors (Lipinski definition) is 2. The smallest absolute Gasteiger partial charge is 0.243 e. The van der Waals surface area contributed by atoms with Gasteiger partial charge in [0.1, 0.15) is 12.4 Å². The van der Waals surface area contributed by atoms with Crippen LogP contribution in [0.4, 0.5) is 11.4 Å². The van der Waals surface area contributed by atoms with Crippen molar-refractivity contribution in [2.45, 2.75) is 13.0 Å². The topological polar surface area (TPSA) is 70.7 Å². The van der Waals surface area contributed by atoms with Crippen molar-refractivity contribution in [3.8, 4) is 5.75 Å². The molecule has 0 bridgehead atoms. The number of nitrogens with one attached hydrogen (secondary N) is 2. The second-order valence-electron chi connectivity index (χ2n) is 7.27. The van der Waals surface area contributed by atoms with Gasteiger partial charge in [0, 0.05) is 23.1 Å². The third kappa shape index (κ3) is 5.24. The van der Waals surface area contributed by atoms with Gasteiger partial charge in [-0.2, -0.15) is 0 Å². The van der Waals surface area contributed by atoms with Crippen LogP contribution in [0.2, 0.25) is 0 Å². The van der Waals surface area contributed by atoms with E-state index in [-0.39, 0.29) is 18.2 Å². The van der Waals surface area contributed by atoms with Crippen LogP contribution in [0.5, 0.6) is 5.75 Å². The second kappa shape index (κ2) is 9.66. The van der Waals surface area contributed by atoms with Gasteiger partial charge in [0.2, 0.25) is 11.8 Å². The first-order valence-corrected chi connectivity index (χ1v) is 10.8. The number of rotatable bonds is 7. The number of para-hydroxylation sites is 1. The van der Waals surface area contributed by atoms with Gasteiger partial charge in [-0.3, -0.25) is 20.4 Å². The summed E-state index contributed by atoms with van der Waals surface area (Å²) in [7, 11) is 0. The quantitative estimate of drug-likeness (QED) is 0.488. The average molecular weight is 480 g/mol. The van der Waals surface area contributed by atoms with Gasteiger partial charge in [0.05, 0.1) is 11.6 Å². The van der Waals surface area contributed by atoms with Gasteiger partial charge in [-0.15, -0.1) is 0 Å². The highest BCUT2D eigenvalue weighted by Gasteiger charge is 2.35. The fourth-order valence-corrected chi connectivity index (χ4v) is 3.79. The van der Waals surface area contributed by atoms with Gasteiger partial charge < -0.3 is 9.64 Å². The van der Waals surface area contributed by atoms with Crippen LogP contribution in [0, 0.1) is 5.92 Å². The average Bonchev–Trinajstić information content (AvgIpc) is 3.20. The molecule has 6 nitrogen and oxygen atoms in total. The minimum Gasteiger partial charge on any atom is -0.487 e. The van der Waals surface area contributed by atoms with Gasteiger partial charge in [-0.1, -0.05) is 64.5 Å². The van der Waals surface area contributed by atoms with E-state index in [1.165, 1.54) is 0 Å². The summed E-state index contributed by atoms with van der Waals surface area (Å²) in [6, 6.07) is 24.8. The van der Waals surface area contributed by atoms with Crippen molar-refractivity contribution in [3.05, 3.63) is 88.9 Å². The molecular weight excluding hydrogens is 458 g/mol. The Morgan fingerprint density at radius 2 is 1.74 bits per heavy atom. The number of nitrogens with zero attached hydrogens (tertiary/aromatic N) is 1. The molecule has 1 aliphatic rings. The molecule has 2 amide bonds. The minimum atomic E-state index is -0.430. The van der Waals surface area contributed by atoms with Crippen molar-refractivity contribution in [1.82, 2.24) is 5.43 Å². The highest BCUT2D eigenvalue weighted by molar-refractivity contribution is 9.10. The third-order valence-electron chi connectivity index (χ3n) is 5.06. The van der Waals surface area contributed by atoms with E-state index in [1.54, 1.807) is 4.90 Å². The molecule has 1 saturated heterocycles. The molecule has 0 unspecified atom stereocenters.